The van der Waals surface area contributed by atoms with Crippen LogP contribution in [-0.4, -0.2) is 34.8 Å². The third-order valence-electron chi connectivity index (χ3n) is 4.28. The summed E-state index contributed by atoms with van der Waals surface area (Å²) in [5.41, 5.74) is 1.03. The highest BCUT2D eigenvalue weighted by molar-refractivity contribution is 5.97. The Morgan fingerprint density at radius 3 is 2.45 bits per heavy atom. The Morgan fingerprint density at radius 1 is 1.14 bits per heavy atom. The molecule has 7 heteroatoms. The summed E-state index contributed by atoms with van der Waals surface area (Å²) in [6, 6.07) is 2.26. The second kappa shape index (κ2) is 5.62. The lowest BCUT2D eigenvalue weighted by atomic mass is 9.75. The van der Waals surface area contributed by atoms with Gasteiger partial charge in [0, 0.05) is 25.2 Å². The van der Waals surface area contributed by atoms with Gasteiger partial charge in [-0.25, -0.2) is 8.78 Å². The summed E-state index contributed by atoms with van der Waals surface area (Å²) in [7, 11) is 0. The van der Waals surface area contributed by atoms with E-state index in [0.717, 1.165) is 5.56 Å². The number of piperazine rings is 1. The van der Waals surface area contributed by atoms with Crippen molar-refractivity contribution in [3.05, 3.63) is 30.1 Å². The van der Waals surface area contributed by atoms with Gasteiger partial charge in [0.1, 0.15) is 12.1 Å². The summed E-state index contributed by atoms with van der Waals surface area (Å²) in [5, 5.41) is 5.25. The average Bonchev–Trinajstić information content (AvgIpc) is 2.46. The van der Waals surface area contributed by atoms with Gasteiger partial charge < -0.3 is 10.6 Å². The minimum Gasteiger partial charge on any atom is -0.342 e. The zero-order chi connectivity index (χ0) is 15.7. The Morgan fingerprint density at radius 2 is 1.82 bits per heavy atom. The van der Waals surface area contributed by atoms with Gasteiger partial charge in [0.25, 0.3) is 0 Å². The minimum atomic E-state index is -2.70. The largest absolute Gasteiger partial charge is 0.342 e. The number of amides is 2. The number of aromatic nitrogens is 1. The smallest absolute Gasteiger partial charge is 0.248 e. The number of hydrogen-bond donors (Lipinski definition) is 2. The highest BCUT2D eigenvalue weighted by Crippen LogP contribution is 2.44. The minimum absolute atomic E-state index is 0.297. The van der Waals surface area contributed by atoms with Crippen molar-refractivity contribution in [3.63, 3.8) is 0 Å². The maximum atomic E-state index is 12.9. The fourth-order valence-corrected chi connectivity index (χ4v) is 2.99. The molecular formula is C15H17F2N3O2. The lowest BCUT2D eigenvalue weighted by Gasteiger charge is -2.42. The molecule has 5 nitrogen and oxygen atoms in total. The monoisotopic (exact) mass is 309 g/mol. The standard InChI is InChI=1S/C15H17F2N3O2/c16-15(17)7-10(8-15)12-14(22)19-11(13(21)20-12)2-1-9-3-5-18-6-4-9/h3-6,10-12H,1-2,7-8H2,(H,19,22)(H,20,21). The fraction of sp³-hybridized carbons (Fsp3) is 0.533. The molecular weight excluding hydrogens is 292 g/mol. The number of halogens is 2. The van der Waals surface area contributed by atoms with Crippen LogP contribution in [0.25, 0.3) is 0 Å². The highest BCUT2D eigenvalue weighted by atomic mass is 19.3. The Hall–Kier alpha value is -2.05. The molecule has 118 valence electrons. The second-order valence-corrected chi connectivity index (χ2v) is 5.97. The maximum Gasteiger partial charge on any atom is 0.248 e. The first-order chi connectivity index (χ1) is 10.4. The summed E-state index contributed by atoms with van der Waals surface area (Å²) in [6.45, 7) is 0. The van der Waals surface area contributed by atoms with Crippen molar-refractivity contribution in [1.82, 2.24) is 15.6 Å². The van der Waals surface area contributed by atoms with E-state index in [1.165, 1.54) is 0 Å². The van der Waals surface area contributed by atoms with Crippen molar-refractivity contribution in [3.8, 4) is 0 Å². The van der Waals surface area contributed by atoms with Crippen molar-refractivity contribution in [2.24, 2.45) is 5.92 Å². The van der Waals surface area contributed by atoms with Gasteiger partial charge >= 0.3 is 0 Å². The average molecular weight is 309 g/mol. The molecule has 2 unspecified atom stereocenters. The number of rotatable bonds is 4. The van der Waals surface area contributed by atoms with Crippen LogP contribution >= 0.6 is 0 Å². The number of nitrogens with one attached hydrogen (secondary N) is 2. The molecule has 2 aliphatic rings. The van der Waals surface area contributed by atoms with Gasteiger partial charge in [-0.3, -0.25) is 14.6 Å². The first-order valence-corrected chi connectivity index (χ1v) is 7.32. The Kier molecular flexibility index (Phi) is 3.80. The molecule has 1 saturated carbocycles. The molecule has 1 aliphatic carbocycles. The zero-order valence-electron chi connectivity index (χ0n) is 11.9. The molecule has 0 bridgehead atoms. The molecule has 2 N–H and O–H groups in total. The molecule has 1 aromatic heterocycles. The SMILES string of the molecule is O=C1NC(C2CC(F)(F)C2)C(=O)NC1CCc1ccncc1. The number of nitrogens with zero attached hydrogens (tertiary/aromatic N) is 1. The van der Waals surface area contributed by atoms with Gasteiger partial charge in [-0.1, -0.05) is 0 Å². The van der Waals surface area contributed by atoms with E-state index in [4.69, 9.17) is 0 Å². The highest BCUT2D eigenvalue weighted by Gasteiger charge is 2.52. The van der Waals surface area contributed by atoms with Crippen LogP contribution in [0, 0.1) is 5.92 Å². The van der Waals surface area contributed by atoms with Crippen LogP contribution in [0.1, 0.15) is 24.8 Å². The predicted octanol–water partition coefficient (Wildman–Crippen LogP) is 1.04. The van der Waals surface area contributed by atoms with Crippen LogP contribution in [0.3, 0.4) is 0 Å². The number of aryl methyl sites for hydroxylation is 1. The number of pyridine rings is 1. The molecule has 3 rings (SSSR count). The van der Waals surface area contributed by atoms with Gasteiger partial charge in [0.05, 0.1) is 0 Å². The first-order valence-electron chi connectivity index (χ1n) is 7.32. The fourth-order valence-electron chi connectivity index (χ4n) is 2.99. The molecule has 1 aliphatic heterocycles. The Labute approximate surface area is 126 Å². The molecule has 2 atom stereocenters. The van der Waals surface area contributed by atoms with E-state index in [0.29, 0.717) is 12.8 Å². The molecule has 0 spiro atoms. The van der Waals surface area contributed by atoms with Crippen LogP contribution in [0.5, 0.6) is 0 Å². The summed E-state index contributed by atoms with van der Waals surface area (Å²) < 4.78 is 25.8. The number of carbonyl (C=O) groups excluding carboxylic acids is 2. The maximum absolute atomic E-state index is 12.9. The van der Waals surface area contributed by atoms with Crippen LogP contribution in [0.4, 0.5) is 8.78 Å². The quantitative estimate of drug-likeness (QED) is 0.873. The third-order valence-corrected chi connectivity index (χ3v) is 4.28. The van der Waals surface area contributed by atoms with Crippen LogP contribution in [-0.2, 0) is 16.0 Å². The number of carbonyl (C=O) groups is 2. The molecule has 2 amide bonds. The molecule has 2 heterocycles. The van der Waals surface area contributed by atoms with E-state index in [1.54, 1.807) is 12.4 Å². The van der Waals surface area contributed by atoms with E-state index in [1.807, 2.05) is 12.1 Å². The topological polar surface area (TPSA) is 71.1 Å². The molecule has 2 fully saturated rings. The van der Waals surface area contributed by atoms with Gasteiger partial charge in [-0.15, -0.1) is 0 Å². The predicted molar refractivity (Wildman–Crippen MR) is 74.1 cm³/mol. The van der Waals surface area contributed by atoms with E-state index >= 15 is 0 Å². The molecule has 0 aromatic carbocycles. The molecule has 1 saturated heterocycles. The lowest BCUT2D eigenvalue weighted by molar-refractivity contribution is -0.150. The summed E-state index contributed by atoms with van der Waals surface area (Å²) in [5.74, 6) is -3.83. The summed E-state index contributed by atoms with van der Waals surface area (Å²) >= 11 is 0. The Balaban J connectivity index is 1.54. The first kappa shape index (κ1) is 14.9. The van der Waals surface area contributed by atoms with Crippen LogP contribution in [0.2, 0.25) is 0 Å². The number of alkyl halides is 2. The molecule has 0 radical (unpaired) electrons. The van der Waals surface area contributed by atoms with Gasteiger partial charge in [-0.2, -0.15) is 0 Å². The van der Waals surface area contributed by atoms with E-state index in [2.05, 4.69) is 15.6 Å². The Bertz CT molecular complexity index is 571. The lowest BCUT2D eigenvalue weighted by Crippen LogP contribution is -2.66. The van der Waals surface area contributed by atoms with Crippen molar-refractivity contribution in [2.45, 2.75) is 43.7 Å². The van der Waals surface area contributed by atoms with Crippen molar-refractivity contribution in [1.29, 1.82) is 0 Å². The van der Waals surface area contributed by atoms with E-state index in [9.17, 15) is 18.4 Å². The van der Waals surface area contributed by atoms with E-state index in [-0.39, 0.29) is 24.7 Å². The number of hydrogen-bond acceptors (Lipinski definition) is 3. The van der Waals surface area contributed by atoms with Crippen LogP contribution < -0.4 is 10.6 Å². The summed E-state index contributed by atoms with van der Waals surface area (Å²) in [4.78, 5) is 28.0. The van der Waals surface area contributed by atoms with E-state index < -0.39 is 23.9 Å². The molecule has 22 heavy (non-hydrogen) atoms. The van der Waals surface area contributed by atoms with Gasteiger partial charge in [0.2, 0.25) is 17.7 Å². The molecule has 1 aromatic rings. The zero-order valence-corrected chi connectivity index (χ0v) is 11.9. The second-order valence-electron chi connectivity index (χ2n) is 5.97. The van der Waals surface area contributed by atoms with Crippen molar-refractivity contribution in [2.75, 3.05) is 0 Å². The van der Waals surface area contributed by atoms with Gasteiger partial charge in [-0.05, 0) is 36.5 Å². The van der Waals surface area contributed by atoms with Gasteiger partial charge in [0.15, 0.2) is 0 Å². The normalized spacial score (nSPS) is 27.7. The summed E-state index contributed by atoms with van der Waals surface area (Å²) in [6.07, 6.45) is 3.76. The van der Waals surface area contributed by atoms with Crippen molar-refractivity contribution < 1.29 is 18.4 Å². The third kappa shape index (κ3) is 3.08. The van der Waals surface area contributed by atoms with Crippen molar-refractivity contribution >= 4 is 11.8 Å². The van der Waals surface area contributed by atoms with Crippen LogP contribution in [0.15, 0.2) is 24.5 Å².